The number of ketones is 1. The number of amides is 3. The van der Waals surface area contributed by atoms with Gasteiger partial charge in [0, 0.05) is 76.3 Å². The number of piperidine rings is 1. The first-order valence-electron chi connectivity index (χ1n) is 22.6. The molecule has 64 heavy (non-hydrogen) atoms. The number of Topliss-reactive ketones (excluding diaryl/α,β-unsaturated/α-hetero) is 1. The number of aliphatic hydroxyl groups is 1. The molecule has 6 atom stereocenters. The topological polar surface area (TPSA) is 226 Å². The summed E-state index contributed by atoms with van der Waals surface area (Å²) in [6.07, 6.45) is 3.79. The number of rotatable bonds is 14. The average molecular weight is 907 g/mol. The molecule has 17 nitrogen and oxygen atoms in total. The van der Waals surface area contributed by atoms with Crippen LogP contribution in [0.1, 0.15) is 99.1 Å². The quantitative estimate of drug-likeness (QED) is 0.0700. The summed E-state index contributed by atoms with van der Waals surface area (Å²) >= 11 is 0. The highest BCUT2D eigenvalue weighted by atomic mass is 32.2. The van der Waals surface area contributed by atoms with E-state index in [9.17, 15) is 32.7 Å². The van der Waals surface area contributed by atoms with Gasteiger partial charge in [-0.15, -0.1) is 0 Å². The summed E-state index contributed by atoms with van der Waals surface area (Å²) in [6.45, 7) is 12.6. The highest BCUT2D eigenvalue weighted by Gasteiger charge is 2.76. The summed E-state index contributed by atoms with van der Waals surface area (Å²) in [5, 5.41) is 29.3. The molecule has 0 radical (unpaired) electrons. The maximum Gasteiger partial charge on any atom is 0.415 e. The standard InChI is InChI=1S/C46H63N7O10S/c1-25-26(2)39(27(3)31-23-44(5,6)63-37(25)31)64(59,60)51-42(47)49-18-9-10-32(50-28(4)54)41(56)48-19-20-52(7)43(57)61-34-14-13-30-22-35-46(58)16-15-33(55)40-45(46,36(30)38(34)62-40)17-21-53(35,8)24-29-11-12-29/h13-14,29,32,35,40,58H,9-12,15-24H2,1-8H3,(H4-,47,48,49,50,51,54,56)/p+1/t32-,35?,40-,45-,46+,53-/m0/s1. The van der Waals surface area contributed by atoms with Crippen molar-refractivity contribution in [2.75, 3.05) is 46.8 Å². The number of nitrogens with one attached hydrogen (secondary N) is 5. The Balaban J connectivity index is 0.842. The Morgan fingerprint density at radius 3 is 2.50 bits per heavy atom. The van der Waals surface area contributed by atoms with Crippen molar-refractivity contribution in [2.45, 2.75) is 139 Å². The third-order valence-corrected chi connectivity index (χ3v) is 16.6. The highest BCUT2D eigenvalue weighted by Crippen LogP contribution is 2.66. The van der Waals surface area contributed by atoms with Crippen LogP contribution in [0, 0.1) is 32.1 Å². The van der Waals surface area contributed by atoms with Crippen molar-refractivity contribution in [3.63, 3.8) is 0 Å². The number of fused-ring (bicyclic) bond motifs is 1. The second-order valence-corrected chi connectivity index (χ2v) is 21.6. The van der Waals surface area contributed by atoms with Gasteiger partial charge in [0.1, 0.15) is 29.0 Å². The van der Waals surface area contributed by atoms with Crippen LogP contribution in [-0.2, 0) is 42.7 Å². The van der Waals surface area contributed by atoms with Gasteiger partial charge >= 0.3 is 6.09 Å². The lowest BCUT2D eigenvalue weighted by atomic mass is 9.48. The summed E-state index contributed by atoms with van der Waals surface area (Å²) in [6, 6.07) is 2.66. The Labute approximate surface area is 375 Å². The van der Waals surface area contributed by atoms with Crippen LogP contribution < -0.4 is 34.9 Å². The van der Waals surface area contributed by atoms with Crippen LogP contribution in [0.3, 0.4) is 0 Å². The van der Waals surface area contributed by atoms with Gasteiger partial charge < -0.3 is 44.7 Å². The van der Waals surface area contributed by atoms with E-state index in [1.165, 1.54) is 31.7 Å². The molecule has 1 saturated heterocycles. The van der Waals surface area contributed by atoms with Gasteiger partial charge in [-0.2, -0.15) is 0 Å². The lowest BCUT2D eigenvalue weighted by Crippen LogP contribution is -2.80. The average Bonchev–Trinajstić information content (AvgIpc) is 3.84. The first kappa shape index (κ1) is 45.6. The van der Waals surface area contributed by atoms with Crippen molar-refractivity contribution in [3.05, 3.63) is 45.5 Å². The number of quaternary nitrogens is 1. The van der Waals surface area contributed by atoms with Gasteiger partial charge in [0.25, 0.3) is 10.0 Å². The lowest BCUT2D eigenvalue weighted by molar-refractivity contribution is -0.950. The van der Waals surface area contributed by atoms with Crippen LogP contribution >= 0.6 is 0 Å². The Hall–Kier alpha value is -4.94. The molecule has 3 aliphatic carbocycles. The molecule has 2 saturated carbocycles. The van der Waals surface area contributed by atoms with E-state index >= 15 is 0 Å². The molecular weight excluding hydrogens is 843 g/mol. The normalized spacial score (nSPS) is 27.2. The molecule has 0 aromatic heterocycles. The van der Waals surface area contributed by atoms with E-state index in [1.807, 2.05) is 26.8 Å². The number of nitrogens with zero attached hydrogens (tertiary/aromatic N) is 2. The molecular formula is C46H64N7O10S+. The van der Waals surface area contributed by atoms with Crippen LogP contribution in [0.15, 0.2) is 17.0 Å². The number of hydrogen-bond acceptors (Lipinski definition) is 11. The number of guanidine groups is 1. The minimum Gasteiger partial charge on any atom is -0.487 e. The fourth-order valence-electron chi connectivity index (χ4n) is 11.6. The SMILES string of the molecule is CC(=O)N[C@@H](CCCNC(=N)NS(=O)(=O)c1c(C)c(C)c2c(c1C)CC(C)(C)O2)C(=O)NCCN(C)C(=O)Oc1ccc2c3c1O[C@H]1C(=O)CC[C@@]4(O)C(C2)[N@+](C)(CC2CC2)CC[C@]314. The molecule has 3 fully saturated rings. The number of likely N-dealkylation sites (tertiary alicyclic amines) is 1. The fraction of sp³-hybridized carbons (Fsp3) is 0.630. The van der Waals surface area contributed by atoms with E-state index in [0.717, 1.165) is 39.8 Å². The Kier molecular flexibility index (Phi) is 11.5. The van der Waals surface area contributed by atoms with Crippen molar-refractivity contribution in [2.24, 2.45) is 5.92 Å². The molecule has 348 valence electrons. The summed E-state index contributed by atoms with van der Waals surface area (Å²) < 4.78 is 48.7. The summed E-state index contributed by atoms with van der Waals surface area (Å²) in [4.78, 5) is 53.8. The maximum absolute atomic E-state index is 13.6. The van der Waals surface area contributed by atoms with Gasteiger partial charge in [0.2, 0.25) is 17.8 Å². The Bertz CT molecular complexity index is 2440. The van der Waals surface area contributed by atoms with Crippen LogP contribution in [0.2, 0.25) is 0 Å². The number of ether oxygens (including phenoxy) is 3. The van der Waals surface area contributed by atoms with Gasteiger partial charge in [0.05, 0.1) is 30.4 Å². The van der Waals surface area contributed by atoms with Crippen molar-refractivity contribution in [3.8, 4) is 17.2 Å². The zero-order valence-electron chi connectivity index (χ0n) is 38.3. The summed E-state index contributed by atoms with van der Waals surface area (Å²) in [5.41, 5.74) is 2.04. The first-order chi connectivity index (χ1) is 30.0. The highest BCUT2D eigenvalue weighted by molar-refractivity contribution is 7.90. The second kappa shape index (κ2) is 16.2. The second-order valence-electron chi connectivity index (χ2n) is 20.0. The molecule has 6 aliphatic rings. The number of likely N-dealkylation sites (N-methyl/N-ethyl adjacent to an activating group) is 2. The zero-order valence-corrected chi connectivity index (χ0v) is 39.1. The van der Waals surface area contributed by atoms with Crippen molar-refractivity contribution < 1.29 is 51.4 Å². The van der Waals surface area contributed by atoms with E-state index < -0.39 is 62.7 Å². The van der Waals surface area contributed by atoms with Gasteiger partial charge in [-0.05, 0) is 95.0 Å². The molecule has 18 heteroatoms. The number of carbonyl (C=O) groups excluding carboxylic acids is 4. The van der Waals surface area contributed by atoms with Crippen molar-refractivity contribution >= 4 is 39.7 Å². The molecule has 3 aliphatic heterocycles. The maximum atomic E-state index is 13.6. The zero-order chi connectivity index (χ0) is 46.3. The first-order valence-corrected chi connectivity index (χ1v) is 24.1. The smallest absolute Gasteiger partial charge is 0.415 e. The third kappa shape index (κ3) is 7.76. The van der Waals surface area contributed by atoms with Gasteiger partial charge in [-0.1, -0.05) is 6.07 Å². The molecule has 1 spiro atoms. The van der Waals surface area contributed by atoms with E-state index in [-0.39, 0.29) is 54.9 Å². The molecule has 6 N–H and O–H groups in total. The number of sulfonamides is 1. The summed E-state index contributed by atoms with van der Waals surface area (Å²) in [7, 11) is -0.339. The van der Waals surface area contributed by atoms with Gasteiger partial charge in [0.15, 0.2) is 23.4 Å². The van der Waals surface area contributed by atoms with E-state index in [2.05, 4.69) is 27.7 Å². The molecule has 2 bridgehead atoms. The van der Waals surface area contributed by atoms with Crippen LogP contribution in [-0.4, -0.2) is 129 Å². The van der Waals surface area contributed by atoms with Gasteiger partial charge in [-0.25, -0.2) is 17.9 Å². The third-order valence-electron chi connectivity index (χ3n) is 15.0. The minimum atomic E-state index is -4.13. The molecule has 2 aromatic rings. The largest absolute Gasteiger partial charge is 0.487 e. The van der Waals surface area contributed by atoms with Crippen molar-refractivity contribution in [1.82, 2.24) is 25.6 Å². The molecule has 2 aromatic carbocycles. The molecule has 3 heterocycles. The van der Waals surface area contributed by atoms with E-state index in [4.69, 9.17) is 19.6 Å². The van der Waals surface area contributed by atoms with Crippen LogP contribution in [0.5, 0.6) is 17.2 Å². The number of benzene rings is 2. The Morgan fingerprint density at radius 2 is 1.80 bits per heavy atom. The number of hydrogen-bond donors (Lipinski definition) is 6. The lowest BCUT2D eigenvalue weighted by Gasteiger charge is -2.64. The summed E-state index contributed by atoms with van der Waals surface area (Å²) in [5.74, 6) is 0.535. The Morgan fingerprint density at radius 1 is 1.06 bits per heavy atom. The number of carbonyl (C=O) groups is 4. The molecule has 1 unspecified atom stereocenters. The monoisotopic (exact) mass is 906 g/mol. The molecule has 3 amide bonds. The predicted octanol–water partition coefficient (Wildman–Crippen LogP) is 2.94. The van der Waals surface area contributed by atoms with Gasteiger partial charge in [-0.3, -0.25) is 19.8 Å². The molecule has 8 rings (SSSR count). The van der Waals surface area contributed by atoms with Crippen molar-refractivity contribution in [1.29, 1.82) is 5.41 Å². The minimum absolute atomic E-state index is 0.0370. The predicted molar refractivity (Wildman–Crippen MR) is 236 cm³/mol. The van der Waals surface area contributed by atoms with Crippen LogP contribution in [0.25, 0.3) is 0 Å². The van der Waals surface area contributed by atoms with Crippen LogP contribution in [0.4, 0.5) is 4.79 Å². The van der Waals surface area contributed by atoms with E-state index in [1.54, 1.807) is 19.9 Å². The fourth-order valence-corrected chi connectivity index (χ4v) is 13.2. The van der Waals surface area contributed by atoms with E-state index in [0.29, 0.717) is 60.6 Å².